The lowest BCUT2D eigenvalue weighted by atomic mass is 9.74. The summed E-state index contributed by atoms with van der Waals surface area (Å²) in [6, 6.07) is 2.28. The molecular weight excluding hydrogens is 188 g/mol. The molecule has 1 amide bonds. The Morgan fingerprint density at radius 3 is 2.20 bits per heavy atom. The Labute approximate surface area is 92.1 Å². The zero-order valence-electron chi connectivity index (χ0n) is 9.75. The van der Waals surface area contributed by atoms with Crippen LogP contribution in [0.1, 0.15) is 46.0 Å². The van der Waals surface area contributed by atoms with E-state index in [1.54, 1.807) is 4.90 Å². The maximum absolute atomic E-state index is 12.2. The number of hydrogen-bond donors (Lipinski definition) is 0. The summed E-state index contributed by atoms with van der Waals surface area (Å²) >= 11 is 0. The molecule has 1 aliphatic carbocycles. The van der Waals surface area contributed by atoms with Gasteiger partial charge in [0.2, 0.25) is 5.91 Å². The van der Waals surface area contributed by atoms with Crippen LogP contribution in [-0.2, 0) is 4.79 Å². The highest BCUT2D eigenvalue weighted by molar-refractivity contribution is 5.85. The van der Waals surface area contributed by atoms with Crippen LogP contribution in [0.2, 0.25) is 0 Å². The first kappa shape index (κ1) is 12.0. The molecule has 3 nitrogen and oxygen atoms in total. The minimum Gasteiger partial charge on any atom is -0.342 e. The van der Waals surface area contributed by atoms with E-state index in [9.17, 15) is 10.1 Å². The van der Waals surface area contributed by atoms with E-state index in [-0.39, 0.29) is 5.91 Å². The lowest BCUT2D eigenvalue weighted by Crippen LogP contribution is -2.44. The zero-order chi connectivity index (χ0) is 11.3. The lowest BCUT2D eigenvalue weighted by Gasteiger charge is -2.33. The monoisotopic (exact) mass is 208 g/mol. The molecular formula is C12H20N2O. The summed E-state index contributed by atoms with van der Waals surface area (Å²) in [4.78, 5) is 14.0. The van der Waals surface area contributed by atoms with Crippen LogP contribution in [-0.4, -0.2) is 23.9 Å². The smallest absolute Gasteiger partial charge is 0.243 e. The number of rotatable bonds is 3. The number of carbonyl (C=O) groups is 1. The first-order valence-electron chi connectivity index (χ1n) is 5.91. The Kier molecular flexibility index (Phi) is 4.14. The van der Waals surface area contributed by atoms with Crippen molar-refractivity contribution in [1.82, 2.24) is 4.90 Å². The molecule has 0 aromatic heterocycles. The number of nitriles is 1. The minimum atomic E-state index is -0.704. The van der Waals surface area contributed by atoms with Crippen LogP contribution >= 0.6 is 0 Å². The zero-order valence-corrected chi connectivity index (χ0v) is 9.75. The lowest BCUT2D eigenvalue weighted by molar-refractivity contribution is -0.140. The average Bonchev–Trinajstić information content (AvgIpc) is 2.31. The van der Waals surface area contributed by atoms with Gasteiger partial charge < -0.3 is 4.90 Å². The molecule has 1 rings (SSSR count). The Morgan fingerprint density at radius 2 is 1.80 bits per heavy atom. The fourth-order valence-corrected chi connectivity index (χ4v) is 2.34. The third kappa shape index (κ3) is 2.31. The molecule has 0 heterocycles. The van der Waals surface area contributed by atoms with Crippen LogP contribution in [0.5, 0.6) is 0 Å². The number of carbonyl (C=O) groups excluding carboxylic acids is 1. The maximum Gasteiger partial charge on any atom is 0.243 e. The van der Waals surface area contributed by atoms with Crippen molar-refractivity contribution < 1.29 is 4.79 Å². The molecule has 0 bridgehead atoms. The molecule has 1 aliphatic rings. The van der Waals surface area contributed by atoms with Gasteiger partial charge >= 0.3 is 0 Å². The van der Waals surface area contributed by atoms with Gasteiger partial charge in [0.15, 0.2) is 0 Å². The average molecular weight is 208 g/mol. The molecule has 0 spiro atoms. The molecule has 1 saturated carbocycles. The molecule has 15 heavy (non-hydrogen) atoms. The Morgan fingerprint density at radius 1 is 1.27 bits per heavy atom. The van der Waals surface area contributed by atoms with Gasteiger partial charge in [0, 0.05) is 13.1 Å². The van der Waals surface area contributed by atoms with Gasteiger partial charge in [-0.1, -0.05) is 19.3 Å². The van der Waals surface area contributed by atoms with E-state index in [4.69, 9.17) is 0 Å². The second kappa shape index (κ2) is 5.16. The minimum absolute atomic E-state index is 0.0506. The molecule has 0 aromatic carbocycles. The largest absolute Gasteiger partial charge is 0.342 e. The number of nitrogens with zero attached hydrogens (tertiary/aromatic N) is 2. The van der Waals surface area contributed by atoms with Gasteiger partial charge in [-0.15, -0.1) is 0 Å². The second-order valence-corrected chi connectivity index (χ2v) is 4.23. The maximum atomic E-state index is 12.2. The molecule has 1 fully saturated rings. The van der Waals surface area contributed by atoms with Gasteiger partial charge in [0.05, 0.1) is 6.07 Å². The summed E-state index contributed by atoms with van der Waals surface area (Å²) in [7, 11) is 0. The number of amides is 1. The molecule has 0 aromatic rings. The van der Waals surface area contributed by atoms with Gasteiger partial charge in [-0.25, -0.2) is 0 Å². The Bertz CT molecular complexity index is 257. The Hall–Kier alpha value is -1.04. The molecule has 3 heteroatoms. The Balaban J connectivity index is 2.81. The molecule has 0 N–H and O–H groups in total. The molecule has 0 radical (unpaired) electrons. The van der Waals surface area contributed by atoms with Gasteiger partial charge in [0.25, 0.3) is 0 Å². The summed E-state index contributed by atoms with van der Waals surface area (Å²) in [6.07, 6.45) is 4.69. The first-order chi connectivity index (χ1) is 7.20. The molecule has 0 unspecified atom stereocenters. The fraction of sp³-hybridized carbons (Fsp3) is 0.833. The van der Waals surface area contributed by atoms with Crippen molar-refractivity contribution in [2.75, 3.05) is 13.1 Å². The van der Waals surface area contributed by atoms with Crippen LogP contribution in [0.15, 0.2) is 0 Å². The standard InChI is InChI=1S/C12H20N2O/c1-3-14(4-2)11(15)12(10-13)8-6-5-7-9-12/h3-9H2,1-2H3. The van der Waals surface area contributed by atoms with Crippen LogP contribution in [0, 0.1) is 16.7 Å². The third-order valence-corrected chi connectivity index (χ3v) is 3.38. The van der Waals surface area contributed by atoms with Crippen molar-refractivity contribution in [1.29, 1.82) is 5.26 Å². The predicted molar refractivity (Wildman–Crippen MR) is 59.1 cm³/mol. The molecule has 0 atom stereocenters. The fourth-order valence-electron chi connectivity index (χ4n) is 2.34. The van der Waals surface area contributed by atoms with Crippen molar-refractivity contribution >= 4 is 5.91 Å². The highest BCUT2D eigenvalue weighted by Gasteiger charge is 2.41. The molecule has 0 aliphatic heterocycles. The topological polar surface area (TPSA) is 44.1 Å². The van der Waals surface area contributed by atoms with E-state index in [2.05, 4.69) is 6.07 Å². The SMILES string of the molecule is CCN(CC)C(=O)C1(C#N)CCCCC1. The van der Waals surface area contributed by atoms with Crippen molar-refractivity contribution in [2.45, 2.75) is 46.0 Å². The summed E-state index contributed by atoms with van der Waals surface area (Å²) in [5, 5.41) is 9.25. The predicted octanol–water partition coefficient (Wildman–Crippen LogP) is 2.33. The van der Waals surface area contributed by atoms with Crippen molar-refractivity contribution in [3.8, 4) is 6.07 Å². The van der Waals surface area contributed by atoms with E-state index >= 15 is 0 Å². The van der Waals surface area contributed by atoms with Gasteiger partial charge in [-0.2, -0.15) is 5.26 Å². The van der Waals surface area contributed by atoms with Crippen molar-refractivity contribution in [3.05, 3.63) is 0 Å². The van der Waals surface area contributed by atoms with Gasteiger partial charge in [-0.05, 0) is 26.7 Å². The first-order valence-corrected chi connectivity index (χ1v) is 5.91. The summed E-state index contributed by atoms with van der Waals surface area (Å²) in [6.45, 7) is 5.35. The van der Waals surface area contributed by atoms with E-state index in [0.29, 0.717) is 13.1 Å². The third-order valence-electron chi connectivity index (χ3n) is 3.38. The van der Waals surface area contributed by atoms with E-state index in [1.165, 1.54) is 0 Å². The molecule has 84 valence electrons. The van der Waals surface area contributed by atoms with E-state index < -0.39 is 5.41 Å². The highest BCUT2D eigenvalue weighted by atomic mass is 16.2. The van der Waals surface area contributed by atoms with Crippen molar-refractivity contribution in [3.63, 3.8) is 0 Å². The van der Waals surface area contributed by atoms with Gasteiger partial charge in [-0.3, -0.25) is 4.79 Å². The van der Waals surface area contributed by atoms with E-state index in [0.717, 1.165) is 32.1 Å². The van der Waals surface area contributed by atoms with Gasteiger partial charge in [0.1, 0.15) is 5.41 Å². The van der Waals surface area contributed by atoms with Crippen LogP contribution in [0.25, 0.3) is 0 Å². The highest BCUT2D eigenvalue weighted by Crippen LogP contribution is 2.37. The molecule has 0 saturated heterocycles. The number of hydrogen-bond acceptors (Lipinski definition) is 2. The summed E-state index contributed by atoms with van der Waals surface area (Å²) < 4.78 is 0. The normalized spacial score (nSPS) is 19.3. The second-order valence-electron chi connectivity index (χ2n) is 4.23. The van der Waals surface area contributed by atoms with Crippen LogP contribution in [0.4, 0.5) is 0 Å². The van der Waals surface area contributed by atoms with Crippen LogP contribution in [0.3, 0.4) is 0 Å². The van der Waals surface area contributed by atoms with E-state index in [1.807, 2.05) is 13.8 Å². The van der Waals surface area contributed by atoms with Crippen LogP contribution < -0.4 is 0 Å². The summed E-state index contributed by atoms with van der Waals surface area (Å²) in [5.41, 5.74) is -0.704. The quantitative estimate of drug-likeness (QED) is 0.714. The van der Waals surface area contributed by atoms with Crippen molar-refractivity contribution in [2.24, 2.45) is 5.41 Å². The summed E-state index contributed by atoms with van der Waals surface area (Å²) in [5.74, 6) is 0.0506.